The van der Waals surface area contributed by atoms with Crippen LogP contribution in [0.15, 0.2) is 44.4 Å². The summed E-state index contributed by atoms with van der Waals surface area (Å²) in [6, 6.07) is 7.55. The summed E-state index contributed by atoms with van der Waals surface area (Å²) < 4.78 is 39.7. The van der Waals surface area contributed by atoms with Gasteiger partial charge in [-0.15, -0.1) is 0 Å². The van der Waals surface area contributed by atoms with Gasteiger partial charge in [-0.3, -0.25) is 9.29 Å². The number of hydrogen-bond donors (Lipinski definition) is 1. The number of aryl methyl sites for hydroxylation is 2. The number of anilines is 1. The molecular formula is C17H17ClN2O5S. The second-order valence-corrected chi connectivity index (χ2v) is 7.71. The quantitative estimate of drug-likeness (QED) is 0.713. The van der Waals surface area contributed by atoms with E-state index in [9.17, 15) is 13.2 Å². The zero-order valence-electron chi connectivity index (χ0n) is 14.4. The molecule has 0 unspecified atom stereocenters. The maximum atomic E-state index is 12.8. The van der Waals surface area contributed by atoms with Crippen LogP contribution in [0.2, 0.25) is 5.02 Å². The van der Waals surface area contributed by atoms with Crippen LogP contribution in [0.4, 0.5) is 5.69 Å². The van der Waals surface area contributed by atoms with Gasteiger partial charge in [0.25, 0.3) is 10.0 Å². The molecule has 0 amide bonds. The fourth-order valence-electron chi connectivity index (χ4n) is 2.72. The van der Waals surface area contributed by atoms with E-state index in [2.05, 4.69) is 4.72 Å². The van der Waals surface area contributed by atoms with E-state index in [1.54, 1.807) is 25.1 Å². The summed E-state index contributed by atoms with van der Waals surface area (Å²) in [6.45, 7) is 3.90. The number of halogens is 1. The van der Waals surface area contributed by atoms with Gasteiger partial charge in [-0.05, 0) is 43.7 Å². The second kappa shape index (κ2) is 6.69. The van der Waals surface area contributed by atoms with Crippen molar-refractivity contribution in [3.05, 3.63) is 51.5 Å². The number of hydrogen-bond acceptors (Lipinski definition) is 5. The molecule has 0 fully saturated rings. The van der Waals surface area contributed by atoms with Gasteiger partial charge in [0, 0.05) is 12.6 Å². The molecule has 3 rings (SSSR count). The molecule has 7 nitrogen and oxygen atoms in total. The molecule has 0 bridgehead atoms. The Balaban J connectivity index is 2.05. The zero-order chi connectivity index (χ0) is 19.1. The van der Waals surface area contributed by atoms with Gasteiger partial charge in [0.15, 0.2) is 5.58 Å². The maximum absolute atomic E-state index is 12.8. The molecule has 0 atom stereocenters. The highest BCUT2D eigenvalue weighted by Crippen LogP contribution is 2.29. The summed E-state index contributed by atoms with van der Waals surface area (Å²) in [6.07, 6.45) is 0. The SMILES string of the molecule is CCn1c(=O)oc2cc(S(=O)(=O)Nc3ccc(OC)c(Cl)c3)c(C)cc21. The first kappa shape index (κ1) is 18.3. The number of nitrogens with one attached hydrogen (secondary N) is 1. The lowest BCUT2D eigenvalue weighted by Gasteiger charge is -2.12. The molecule has 0 saturated carbocycles. The minimum atomic E-state index is -3.90. The number of fused-ring (bicyclic) bond motifs is 1. The molecule has 3 aromatic rings. The first-order valence-electron chi connectivity index (χ1n) is 7.77. The van der Waals surface area contributed by atoms with Crippen LogP contribution in [0.1, 0.15) is 12.5 Å². The number of sulfonamides is 1. The number of nitrogens with zero attached hydrogens (tertiary/aromatic N) is 1. The number of methoxy groups -OCH3 is 1. The number of rotatable bonds is 5. The fourth-order valence-corrected chi connectivity index (χ4v) is 4.27. The summed E-state index contributed by atoms with van der Waals surface area (Å²) in [5.41, 5.74) is 1.56. The topological polar surface area (TPSA) is 90.5 Å². The highest BCUT2D eigenvalue weighted by Gasteiger charge is 2.21. The third-order valence-corrected chi connectivity index (χ3v) is 5.79. The van der Waals surface area contributed by atoms with Crippen molar-refractivity contribution in [3.8, 4) is 5.75 Å². The van der Waals surface area contributed by atoms with Crippen LogP contribution in [0, 0.1) is 6.92 Å². The van der Waals surface area contributed by atoms with Crippen LogP contribution in [0.25, 0.3) is 11.1 Å². The number of oxazole rings is 1. The molecule has 1 N–H and O–H groups in total. The summed E-state index contributed by atoms with van der Waals surface area (Å²) in [4.78, 5) is 11.9. The fraction of sp³-hybridized carbons (Fsp3) is 0.235. The van der Waals surface area contributed by atoms with Crippen LogP contribution >= 0.6 is 11.6 Å². The second-order valence-electron chi connectivity index (χ2n) is 5.65. The molecule has 9 heteroatoms. The van der Waals surface area contributed by atoms with Gasteiger partial charge in [0.2, 0.25) is 0 Å². The monoisotopic (exact) mass is 396 g/mol. The van der Waals surface area contributed by atoms with E-state index in [1.165, 1.54) is 23.8 Å². The largest absolute Gasteiger partial charge is 0.495 e. The van der Waals surface area contributed by atoms with E-state index in [0.717, 1.165) is 0 Å². The molecule has 1 heterocycles. The van der Waals surface area contributed by atoms with Gasteiger partial charge in [-0.1, -0.05) is 11.6 Å². The third-order valence-electron chi connectivity index (χ3n) is 3.97. The van der Waals surface area contributed by atoms with E-state index >= 15 is 0 Å². The minimum Gasteiger partial charge on any atom is -0.495 e. The Morgan fingerprint density at radius 3 is 2.62 bits per heavy atom. The zero-order valence-corrected chi connectivity index (χ0v) is 15.9. The molecule has 0 aliphatic heterocycles. The molecule has 0 aliphatic carbocycles. The molecule has 1 aromatic heterocycles. The van der Waals surface area contributed by atoms with Gasteiger partial charge in [0.1, 0.15) is 5.75 Å². The Labute approximate surface area is 155 Å². The van der Waals surface area contributed by atoms with E-state index < -0.39 is 15.8 Å². The van der Waals surface area contributed by atoms with Crippen LogP contribution in [-0.2, 0) is 16.6 Å². The molecule has 2 aromatic carbocycles. The van der Waals surface area contributed by atoms with Crippen molar-refractivity contribution in [1.29, 1.82) is 0 Å². The van der Waals surface area contributed by atoms with E-state index in [-0.39, 0.29) is 15.5 Å². The van der Waals surface area contributed by atoms with Crippen molar-refractivity contribution in [3.63, 3.8) is 0 Å². The highest BCUT2D eigenvalue weighted by atomic mass is 35.5. The number of benzene rings is 2. The Kier molecular flexibility index (Phi) is 4.72. The van der Waals surface area contributed by atoms with Crippen LogP contribution in [-0.4, -0.2) is 20.1 Å². The van der Waals surface area contributed by atoms with Crippen molar-refractivity contribution in [1.82, 2.24) is 4.57 Å². The Morgan fingerprint density at radius 1 is 1.27 bits per heavy atom. The first-order valence-corrected chi connectivity index (χ1v) is 9.63. The van der Waals surface area contributed by atoms with E-state index in [0.29, 0.717) is 29.1 Å². The first-order chi connectivity index (χ1) is 12.3. The Morgan fingerprint density at radius 2 is 2.00 bits per heavy atom. The van der Waals surface area contributed by atoms with E-state index in [1.807, 2.05) is 6.92 Å². The summed E-state index contributed by atoms with van der Waals surface area (Å²) in [5, 5.41) is 0.283. The lowest BCUT2D eigenvalue weighted by molar-refractivity contribution is 0.415. The molecule has 0 radical (unpaired) electrons. The minimum absolute atomic E-state index is 0.0222. The Bertz CT molecular complexity index is 1150. The summed E-state index contributed by atoms with van der Waals surface area (Å²) in [7, 11) is -2.43. The summed E-state index contributed by atoms with van der Waals surface area (Å²) in [5.74, 6) is -0.0822. The lowest BCUT2D eigenvalue weighted by atomic mass is 10.2. The third kappa shape index (κ3) is 3.17. The van der Waals surface area contributed by atoms with Gasteiger partial charge in [-0.25, -0.2) is 13.2 Å². The molecule has 26 heavy (non-hydrogen) atoms. The predicted molar refractivity (Wildman–Crippen MR) is 99.7 cm³/mol. The predicted octanol–water partition coefficient (Wildman–Crippen LogP) is 3.39. The smallest absolute Gasteiger partial charge is 0.419 e. The maximum Gasteiger partial charge on any atom is 0.419 e. The Hall–Kier alpha value is -2.45. The normalized spacial score (nSPS) is 11.7. The number of ether oxygens (including phenoxy) is 1. The van der Waals surface area contributed by atoms with Gasteiger partial charge >= 0.3 is 5.76 Å². The average Bonchev–Trinajstić information content (AvgIpc) is 2.88. The highest BCUT2D eigenvalue weighted by molar-refractivity contribution is 7.92. The lowest BCUT2D eigenvalue weighted by Crippen LogP contribution is -2.14. The van der Waals surface area contributed by atoms with Gasteiger partial charge < -0.3 is 9.15 Å². The van der Waals surface area contributed by atoms with Gasteiger partial charge in [-0.2, -0.15) is 0 Å². The van der Waals surface area contributed by atoms with Crippen molar-refractivity contribution in [2.24, 2.45) is 0 Å². The molecule has 0 spiro atoms. The molecular weight excluding hydrogens is 380 g/mol. The van der Waals surface area contributed by atoms with Gasteiger partial charge in [0.05, 0.1) is 28.2 Å². The summed E-state index contributed by atoms with van der Waals surface area (Å²) >= 11 is 6.04. The standard InChI is InChI=1S/C17H17ClN2O5S/c1-4-20-13-7-10(2)16(9-15(13)25-17(20)21)26(22,23)19-11-5-6-14(24-3)12(18)8-11/h5-9,19H,4H2,1-3H3. The van der Waals surface area contributed by atoms with Crippen molar-refractivity contribution in [2.75, 3.05) is 11.8 Å². The van der Waals surface area contributed by atoms with Crippen molar-refractivity contribution in [2.45, 2.75) is 25.3 Å². The van der Waals surface area contributed by atoms with Crippen LogP contribution in [0.3, 0.4) is 0 Å². The number of aromatic nitrogens is 1. The van der Waals surface area contributed by atoms with E-state index in [4.69, 9.17) is 20.8 Å². The molecule has 0 aliphatic rings. The average molecular weight is 397 g/mol. The van der Waals surface area contributed by atoms with Crippen molar-refractivity contribution >= 4 is 38.4 Å². The van der Waals surface area contributed by atoms with Crippen molar-refractivity contribution < 1.29 is 17.6 Å². The van der Waals surface area contributed by atoms with Crippen LogP contribution in [0.5, 0.6) is 5.75 Å². The molecule has 138 valence electrons. The van der Waals surface area contributed by atoms with Crippen LogP contribution < -0.4 is 15.2 Å². The molecule has 0 saturated heterocycles.